The fraction of sp³-hybridized carbons (Fsp3) is 0.265. The quantitative estimate of drug-likeness (QED) is 0.124. The summed E-state index contributed by atoms with van der Waals surface area (Å²) in [7, 11) is 2.37. The van der Waals surface area contributed by atoms with Crippen molar-refractivity contribution in [2.45, 2.75) is 79.1 Å². The van der Waals surface area contributed by atoms with Gasteiger partial charge in [0.25, 0.3) is 0 Å². The van der Waals surface area contributed by atoms with Crippen molar-refractivity contribution in [1.29, 1.82) is 0 Å². The van der Waals surface area contributed by atoms with Gasteiger partial charge in [-0.3, -0.25) is 0 Å². The fourth-order valence-electron chi connectivity index (χ4n) is 8.73. The second-order valence-corrected chi connectivity index (χ2v) is 13.9. The largest absolute Gasteiger partial charge is 0.343 e. The van der Waals surface area contributed by atoms with Crippen molar-refractivity contribution in [3.63, 3.8) is 0 Å². The zero-order valence-corrected chi connectivity index (χ0v) is 30.7. The van der Waals surface area contributed by atoms with E-state index in [9.17, 15) is 0 Å². The van der Waals surface area contributed by atoms with Crippen molar-refractivity contribution in [1.82, 2.24) is 4.57 Å². The van der Waals surface area contributed by atoms with Crippen LogP contribution in [0.5, 0.6) is 0 Å². The van der Waals surface area contributed by atoms with Crippen molar-refractivity contribution in [3.8, 4) is 44.5 Å². The van der Waals surface area contributed by atoms with Crippen molar-refractivity contribution < 1.29 is 0 Å². The van der Waals surface area contributed by atoms with Crippen LogP contribution in [0.2, 0.25) is 0 Å². The maximum absolute atomic E-state index is 2.62. The number of nitrogens with zero attached hydrogens (tertiary/aromatic N) is 1. The average Bonchev–Trinajstić information content (AvgIpc) is 3.46. The average molecular weight is 654 g/mol. The van der Waals surface area contributed by atoms with Crippen LogP contribution in [0.4, 0.5) is 0 Å². The summed E-state index contributed by atoms with van der Waals surface area (Å²) in [5, 5.41) is 2.90. The van der Waals surface area contributed by atoms with E-state index >= 15 is 0 Å². The minimum atomic E-state index is 1.09. The van der Waals surface area contributed by atoms with Gasteiger partial charge in [-0.05, 0) is 75.8 Å². The molecule has 252 valence electrons. The molecule has 7 aromatic rings. The molecule has 0 saturated carbocycles. The van der Waals surface area contributed by atoms with Gasteiger partial charge in [0, 0.05) is 34.5 Å². The molecule has 0 atom stereocenters. The van der Waals surface area contributed by atoms with Gasteiger partial charge in [0.05, 0.1) is 11.0 Å². The highest BCUT2D eigenvalue weighted by molar-refractivity contribution is 6.27. The normalized spacial score (nSPS) is 11.5. The zero-order chi connectivity index (χ0) is 34.6. The monoisotopic (exact) mass is 653 g/mol. The predicted molar refractivity (Wildman–Crippen MR) is 218 cm³/mol. The summed E-state index contributed by atoms with van der Waals surface area (Å²) in [4.78, 5) is 0. The molecule has 0 bridgehead atoms. The van der Waals surface area contributed by atoms with E-state index in [1.807, 2.05) is 0 Å². The molecule has 7 rings (SSSR count). The van der Waals surface area contributed by atoms with E-state index in [1.54, 1.807) is 22.3 Å². The summed E-state index contributed by atoms with van der Waals surface area (Å²) in [6, 6.07) is 44.8. The molecule has 6 aromatic carbocycles. The van der Waals surface area contributed by atoms with Crippen LogP contribution in [0.1, 0.15) is 75.6 Å². The van der Waals surface area contributed by atoms with Crippen LogP contribution in [0.15, 0.2) is 121 Å². The molecular weight excluding hydrogens is 603 g/mol. The van der Waals surface area contributed by atoms with Gasteiger partial charge in [-0.2, -0.15) is 0 Å². The number of hydrogen-bond donors (Lipinski definition) is 0. The van der Waals surface area contributed by atoms with Crippen LogP contribution in [0.3, 0.4) is 0 Å². The first-order valence-corrected chi connectivity index (χ1v) is 19.0. The third-order valence-corrected chi connectivity index (χ3v) is 10.6. The van der Waals surface area contributed by atoms with Crippen molar-refractivity contribution in [2.24, 2.45) is 7.05 Å². The highest BCUT2D eigenvalue weighted by atomic mass is 14.9. The molecule has 0 aliphatic heterocycles. The lowest BCUT2D eigenvalue weighted by atomic mass is 9.78. The van der Waals surface area contributed by atoms with Crippen LogP contribution in [-0.2, 0) is 32.7 Å². The molecule has 0 radical (unpaired) electrons. The van der Waals surface area contributed by atoms with Gasteiger partial charge < -0.3 is 4.57 Å². The standard InChI is InChI=1S/C49H51N/c1-6-22-38-39(23-7-2)41(25-9-4)48-46(40(38)24-8-3)47-44(36-30-18-12-19-31-36)42(34-26-14-10-15-27-34)43(35-28-16-11-17-29-35)45(49(47)50(48)5)37-32-20-13-21-33-37/h10-21,26-33H,6-9,22-25H2,1-5H3. The summed E-state index contributed by atoms with van der Waals surface area (Å²) in [5.41, 5.74) is 19.5. The van der Waals surface area contributed by atoms with E-state index in [4.69, 9.17) is 0 Å². The lowest BCUT2D eigenvalue weighted by Gasteiger charge is -2.24. The summed E-state index contributed by atoms with van der Waals surface area (Å²) < 4.78 is 2.62. The fourth-order valence-corrected chi connectivity index (χ4v) is 8.73. The SMILES string of the molecule is CCCc1c(CCC)c(CCC)c2c(c1CCC)c1c(-c3ccccc3)c(-c3ccccc3)c(-c3ccccc3)c(-c3ccccc3)c1n2C. The molecule has 0 fully saturated rings. The third kappa shape index (κ3) is 5.77. The van der Waals surface area contributed by atoms with E-state index in [1.165, 1.54) is 66.3 Å². The highest BCUT2D eigenvalue weighted by Crippen LogP contribution is 2.54. The first kappa shape index (κ1) is 33.6. The Hall–Kier alpha value is -4.88. The molecule has 0 aliphatic rings. The Morgan fingerprint density at radius 1 is 0.340 bits per heavy atom. The smallest absolute Gasteiger partial charge is 0.0581 e. The van der Waals surface area contributed by atoms with Gasteiger partial charge >= 0.3 is 0 Å². The van der Waals surface area contributed by atoms with Crippen molar-refractivity contribution >= 4 is 21.8 Å². The van der Waals surface area contributed by atoms with Crippen LogP contribution in [0.25, 0.3) is 66.3 Å². The Morgan fingerprint density at radius 2 is 0.680 bits per heavy atom. The Balaban J connectivity index is 1.89. The maximum atomic E-state index is 2.62. The first-order chi connectivity index (χ1) is 24.6. The van der Waals surface area contributed by atoms with E-state index in [0.29, 0.717) is 0 Å². The molecule has 0 saturated heterocycles. The van der Waals surface area contributed by atoms with Gasteiger partial charge in [0.2, 0.25) is 0 Å². The third-order valence-electron chi connectivity index (χ3n) is 10.6. The van der Waals surface area contributed by atoms with Crippen LogP contribution >= 0.6 is 0 Å². The second kappa shape index (κ2) is 14.9. The predicted octanol–water partition coefficient (Wildman–Crippen LogP) is 13.8. The summed E-state index contributed by atoms with van der Waals surface area (Å²) in [5.74, 6) is 0. The maximum Gasteiger partial charge on any atom is 0.0581 e. The summed E-state index contributed by atoms with van der Waals surface area (Å²) >= 11 is 0. The number of aromatic nitrogens is 1. The lowest BCUT2D eigenvalue weighted by molar-refractivity contribution is 0.806. The second-order valence-electron chi connectivity index (χ2n) is 13.9. The molecular formula is C49H51N. The molecule has 0 unspecified atom stereocenters. The van der Waals surface area contributed by atoms with Crippen molar-refractivity contribution in [3.05, 3.63) is 144 Å². The summed E-state index contributed by atoms with van der Waals surface area (Å²) in [6.45, 7) is 9.44. The Bertz CT molecular complexity index is 2220. The lowest BCUT2D eigenvalue weighted by Crippen LogP contribution is -2.08. The van der Waals surface area contributed by atoms with Crippen LogP contribution in [0, 0.1) is 0 Å². The highest BCUT2D eigenvalue weighted by Gasteiger charge is 2.31. The topological polar surface area (TPSA) is 4.93 Å². The van der Waals surface area contributed by atoms with Gasteiger partial charge in [0.1, 0.15) is 0 Å². The Labute approximate surface area is 299 Å². The Morgan fingerprint density at radius 3 is 1.12 bits per heavy atom. The molecule has 50 heavy (non-hydrogen) atoms. The molecule has 0 amide bonds. The van der Waals surface area contributed by atoms with Gasteiger partial charge in [0.15, 0.2) is 0 Å². The van der Waals surface area contributed by atoms with Crippen LogP contribution < -0.4 is 0 Å². The van der Waals surface area contributed by atoms with Gasteiger partial charge in [-0.1, -0.05) is 175 Å². The number of fused-ring (bicyclic) bond motifs is 3. The summed E-state index contributed by atoms with van der Waals surface area (Å²) in [6.07, 6.45) is 9.03. The minimum absolute atomic E-state index is 1.09. The van der Waals surface area contributed by atoms with E-state index in [-0.39, 0.29) is 0 Å². The van der Waals surface area contributed by atoms with E-state index in [2.05, 4.69) is 161 Å². The van der Waals surface area contributed by atoms with Crippen molar-refractivity contribution in [2.75, 3.05) is 0 Å². The number of hydrogen-bond acceptors (Lipinski definition) is 0. The molecule has 1 heteroatoms. The van der Waals surface area contributed by atoms with Gasteiger partial charge in [-0.15, -0.1) is 0 Å². The molecule has 1 heterocycles. The number of aryl methyl sites for hydroxylation is 3. The van der Waals surface area contributed by atoms with Crippen LogP contribution in [-0.4, -0.2) is 4.57 Å². The molecule has 0 spiro atoms. The molecule has 0 aliphatic carbocycles. The molecule has 1 nitrogen and oxygen atoms in total. The molecule has 1 aromatic heterocycles. The molecule has 0 N–H and O–H groups in total. The number of rotatable bonds is 12. The Kier molecular flexibility index (Phi) is 10.0. The zero-order valence-electron chi connectivity index (χ0n) is 30.7. The number of benzene rings is 6. The van der Waals surface area contributed by atoms with E-state index in [0.717, 1.165) is 51.4 Å². The first-order valence-electron chi connectivity index (χ1n) is 19.0. The minimum Gasteiger partial charge on any atom is -0.343 e. The van der Waals surface area contributed by atoms with Gasteiger partial charge in [-0.25, -0.2) is 0 Å². The van der Waals surface area contributed by atoms with E-state index < -0.39 is 0 Å².